The highest BCUT2D eigenvalue weighted by Gasteiger charge is 2.16. The first-order valence-corrected chi connectivity index (χ1v) is 10.4. The molecule has 0 saturated heterocycles. The molecule has 0 aliphatic heterocycles. The molecule has 2 aromatic heterocycles. The van der Waals surface area contributed by atoms with E-state index in [2.05, 4.69) is 41.5 Å². The quantitative estimate of drug-likeness (QED) is 0.376. The molecule has 0 unspecified atom stereocenters. The molecule has 0 aliphatic carbocycles. The molecule has 0 aliphatic rings. The highest BCUT2D eigenvalue weighted by Crippen LogP contribution is 2.27. The van der Waals surface area contributed by atoms with Crippen molar-refractivity contribution in [2.24, 2.45) is 0 Å². The van der Waals surface area contributed by atoms with Crippen LogP contribution in [0.25, 0.3) is 22.6 Å². The lowest BCUT2D eigenvalue weighted by atomic mass is 10.1. The number of rotatable bonds is 6. The van der Waals surface area contributed by atoms with Gasteiger partial charge in [0.05, 0.1) is 6.04 Å². The van der Waals surface area contributed by atoms with Gasteiger partial charge in [-0.05, 0) is 18.1 Å². The molecular formula is C26H23N5. The first-order valence-electron chi connectivity index (χ1n) is 10.4. The van der Waals surface area contributed by atoms with E-state index in [4.69, 9.17) is 15.0 Å². The Balaban J connectivity index is 1.57. The summed E-state index contributed by atoms with van der Waals surface area (Å²) < 4.78 is 0. The fraction of sp³-hybridized carbons (Fsp3) is 0.115. The van der Waals surface area contributed by atoms with Crippen LogP contribution < -0.4 is 5.32 Å². The lowest BCUT2D eigenvalue weighted by Crippen LogP contribution is -2.09. The van der Waals surface area contributed by atoms with Gasteiger partial charge in [0.2, 0.25) is 0 Å². The van der Waals surface area contributed by atoms with E-state index < -0.39 is 0 Å². The topological polar surface area (TPSA) is 66.5 Å². The van der Waals surface area contributed by atoms with E-state index in [0.29, 0.717) is 17.9 Å². The fourth-order valence-electron chi connectivity index (χ4n) is 3.67. The number of nitrogens with zero attached hydrogens (tertiary/aromatic N) is 3. The van der Waals surface area contributed by atoms with E-state index in [9.17, 15) is 0 Å². The van der Waals surface area contributed by atoms with E-state index >= 15 is 0 Å². The molecule has 5 rings (SSSR count). The zero-order chi connectivity index (χ0) is 21.0. The largest absolute Gasteiger partial charge is 0.362 e. The first kappa shape index (κ1) is 19.0. The summed E-state index contributed by atoms with van der Waals surface area (Å²) in [5, 5.41) is 3.57. The molecule has 0 fully saturated rings. The number of aromatic amines is 1. The van der Waals surface area contributed by atoms with Crippen LogP contribution in [0.5, 0.6) is 0 Å². The maximum absolute atomic E-state index is 4.86. The Bertz CT molecular complexity index is 1280. The van der Waals surface area contributed by atoms with Crippen molar-refractivity contribution in [2.75, 3.05) is 5.32 Å². The second-order valence-corrected chi connectivity index (χ2v) is 7.58. The van der Waals surface area contributed by atoms with Crippen molar-refractivity contribution in [3.05, 3.63) is 108 Å². The molecule has 0 radical (unpaired) electrons. The number of hydrogen-bond acceptors (Lipinski definition) is 4. The van der Waals surface area contributed by atoms with Gasteiger partial charge in [0.15, 0.2) is 17.3 Å². The van der Waals surface area contributed by atoms with Gasteiger partial charge >= 0.3 is 0 Å². The third-order valence-corrected chi connectivity index (χ3v) is 5.30. The zero-order valence-corrected chi connectivity index (χ0v) is 17.3. The van der Waals surface area contributed by atoms with E-state index in [0.717, 1.165) is 22.7 Å². The summed E-state index contributed by atoms with van der Waals surface area (Å²) in [6.07, 6.45) is 0.714. The van der Waals surface area contributed by atoms with Crippen LogP contribution in [-0.4, -0.2) is 19.9 Å². The molecule has 1 atom stereocenters. The van der Waals surface area contributed by atoms with Gasteiger partial charge in [-0.3, -0.25) is 0 Å². The number of hydrogen-bond donors (Lipinski definition) is 2. The summed E-state index contributed by atoms with van der Waals surface area (Å²) in [5.74, 6) is 2.29. The number of anilines is 1. The summed E-state index contributed by atoms with van der Waals surface area (Å²) in [7, 11) is 0. The van der Waals surface area contributed by atoms with Crippen molar-refractivity contribution in [1.29, 1.82) is 0 Å². The monoisotopic (exact) mass is 405 g/mol. The van der Waals surface area contributed by atoms with E-state index in [1.54, 1.807) is 0 Å². The van der Waals surface area contributed by atoms with Crippen molar-refractivity contribution in [3.63, 3.8) is 0 Å². The van der Waals surface area contributed by atoms with Crippen molar-refractivity contribution in [1.82, 2.24) is 19.9 Å². The molecule has 5 nitrogen and oxygen atoms in total. The minimum atomic E-state index is 0.0868. The van der Waals surface area contributed by atoms with Crippen LogP contribution in [0.1, 0.15) is 29.9 Å². The van der Waals surface area contributed by atoms with E-state index in [-0.39, 0.29) is 6.04 Å². The molecule has 0 spiro atoms. The van der Waals surface area contributed by atoms with Gasteiger partial charge in [0.1, 0.15) is 11.3 Å². The number of imidazole rings is 1. The fourth-order valence-corrected chi connectivity index (χ4v) is 3.67. The van der Waals surface area contributed by atoms with Gasteiger partial charge < -0.3 is 10.3 Å². The molecule has 0 saturated carbocycles. The third-order valence-electron chi connectivity index (χ3n) is 5.30. The van der Waals surface area contributed by atoms with Gasteiger partial charge in [-0.25, -0.2) is 15.0 Å². The zero-order valence-electron chi connectivity index (χ0n) is 17.3. The highest BCUT2D eigenvalue weighted by molar-refractivity contribution is 5.85. The number of H-pyrrole nitrogens is 1. The van der Waals surface area contributed by atoms with Gasteiger partial charge in [0, 0.05) is 12.0 Å². The number of aromatic nitrogens is 4. The van der Waals surface area contributed by atoms with Gasteiger partial charge in [-0.15, -0.1) is 0 Å². The Morgan fingerprint density at radius 1 is 0.774 bits per heavy atom. The third kappa shape index (κ3) is 4.16. The van der Waals surface area contributed by atoms with Crippen LogP contribution in [0.4, 0.5) is 5.82 Å². The lowest BCUT2D eigenvalue weighted by molar-refractivity contribution is 0.875. The van der Waals surface area contributed by atoms with Crippen LogP contribution in [0, 0.1) is 0 Å². The molecule has 31 heavy (non-hydrogen) atoms. The van der Waals surface area contributed by atoms with Crippen LogP contribution in [0.3, 0.4) is 0 Å². The Morgan fingerprint density at radius 3 is 2.13 bits per heavy atom. The predicted molar refractivity (Wildman–Crippen MR) is 125 cm³/mol. The summed E-state index contributed by atoms with van der Waals surface area (Å²) in [6.45, 7) is 2.13. The van der Waals surface area contributed by atoms with Crippen molar-refractivity contribution < 1.29 is 0 Å². The van der Waals surface area contributed by atoms with Gasteiger partial charge in [0.25, 0.3) is 0 Å². The first-order chi connectivity index (χ1) is 15.3. The van der Waals surface area contributed by atoms with E-state index in [1.165, 1.54) is 11.1 Å². The normalized spacial score (nSPS) is 12.0. The van der Waals surface area contributed by atoms with Crippen LogP contribution in [-0.2, 0) is 6.42 Å². The minimum absolute atomic E-state index is 0.0868. The molecule has 152 valence electrons. The second-order valence-electron chi connectivity index (χ2n) is 7.58. The molecular weight excluding hydrogens is 382 g/mol. The average Bonchev–Trinajstić information content (AvgIpc) is 3.23. The lowest BCUT2D eigenvalue weighted by Gasteiger charge is -2.16. The van der Waals surface area contributed by atoms with Crippen molar-refractivity contribution in [2.45, 2.75) is 19.4 Å². The maximum atomic E-state index is 4.86. The Hall–Kier alpha value is -3.99. The molecule has 0 bridgehead atoms. The Morgan fingerprint density at radius 2 is 1.42 bits per heavy atom. The molecule has 0 amide bonds. The van der Waals surface area contributed by atoms with Gasteiger partial charge in [-0.2, -0.15) is 0 Å². The van der Waals surface area contributed by atoms with E-state index in [1.807, 2.05) is 66.7 Å². The molecule has 3 aromatic carbocycles. The summed E-state index contributed by atoms with van der Waals surface area (Å²) in [6, 6.07) is 30.8. The number of benzene rings is 3. The summed E-state index contributed by atoms with van der Waals surface area (Å²) in [4.78, 5) is 17.9. The SMILES string of the molecule is C[C@@H](Nc1nc(-c2ccccc2)nc2nc(Cc3ccccc3)[nH]c12)c1ccccc1. The minimum Gasteiger partial charge on any atom is -0.362 e. The molecule has 5 aromatic rings. The van der Waals surface area contributed by atoms with Crippen LogP contribution in [0.2, 0.25) is 0 Å². The highest BCUT2D eigenvalue weighted by atomic mass is 15.1. The Kier molecular flexibility index (Phi) is 5.15. The number of nitrogens with one attached hydrogen (secondary N) is 2. The Labute approximate surface area is 181 Å². The standard InChI is InChI=1S/C26H23N5/c1-18(20-13-7-3-8-14-20)27-25-23-26(31-24(30-25)21-15-9-4-10-16-21)29-22(28-23)17-19-11-5-2-6-12-19/h2-16,18H,17H2,1H3,(H2,27,28,29,30,31)/t18-/m1/s1. The molecule has 2 N–H and O–H groups in total. The second kappa shape index (κ2) is 8.40. The smallest absolute Gasteiger partial charge is 0.183 e. The van der Waals surface area contributed by atoms with Crippen molar-refractivity contribution in [3.8, 4) is 11.4 Å². The molecule has 2 heterocycles. The van der Waals surface area contributed by atoms with Gasteiger partial charge in [-0.1, -0.05) is 91.0 Å². The molecule has 5 heteroatoms. The predicted octanol–water partition coefficient (Wildman–Crippen LogP) is 5.78. The summed E-state index contributed by atoms with van der Waals surface area (Å²) in [5.41, 5.74) is 4.85. The van der Waals surface area contributed by atoms with Crippen molar-refractivity contribution >= 4 is 17.0 Å². The van der Waals surface area contributed by atoms with Crippen LogP contribution in [0.15, 0.2) is 91.0 Å². The maximum Gasteiger partial charge on any atom is 0.183 e. The summed E-state index contributed by atoms with van der Waals surface area (Å²) >= 11 is 0. The number of fused-ring (bicyclic) bond motifs is 1. The average molecular weight is 406 g/mol. The van der Waals surface area contributed by atoms with Crippen LogP contribution >= 0.6 is 0 Å².